The summed E-state index contributed by atoms with van der Waals surface area (Å²) in [5.74, 6) is 1.78. The van der Waals surface area contributed by atoms with Gasteiger partial charge in [-0.05, 0) is 105 Å². The molecule has 5 aromatic carbocycles. The molecule has 3 aromatic heterocycles. The van der Waals surface area contributed by atoms with Crippen LogP contribution in [0.15, 0.2) is 183 Å². The number of rotatable bonds is 9. The number of allylic oxidation sites excluding steroid dienone is 1. The molecule has 0 aliphatic rings. The van der Waals surface area contributed by atoms with Crippen LogP contribution in [0.1, 0.15) is 5.56 Å². The molecular weight excluding hydrogens is 623 g/mol. The molecular formula is C46H33N5. The first-order valence-corrected chi connectivity index (χ1v) is 16.9. The van der Waals surface area contributed by atoms with Crippen LogP contribution in [0.3, 0.4) is 0 Å². The van der Waals surface area contributed by atoms with Crippen LogP contribution >= 0.6 is 0 Å². The van der Waals surface area contributed by atoms with Gasteiger partial charge in [0.1, 0.15) is 0 Å². The highest BCUT2D eigenvalue weighted by Crippen LogP contribution is 2.33. The fourth-order valence-corrected chi connectivity index (χ4v) is 6.24. The minimum Gasteiger partial charge on any atom is -0.265 e. The number of nitrogens with zero attached hydrogens (tertiary/aromatic N) is 5. The Labute approximate surface area is 297 Å². The van der Waals surface area contributed by atoms with Crippen LogP contribution in [0.2, 0.25) is 0 Å². The lowest BCUT2D eigenvalue weighted by Crippen LogP contribution is -2.00. The Morgan fingerprint density at radius 2 is 0.686 bits per heavy atom. The van der Waals surface area contributed by atoms with E-state index in [4.69, 9.17) is 15.0 Å². The molecule has 0 fully saturated rings. The second-order valence-corrected chi connectivity index (χ2v) is 12.3. The average molecular weight is 656 g/mol. The second-order valence-electron chi connectivity index (χ2n) is 12.3. The number of hydrogen-bond donors (Lipinski definition) is 0. The Morgan fingerprint density at radius 1 is 0.353 bits per heavy atom. The van der Waals surface area contributed by atoms with E-state index in [9.17, 15) is 0 Å². The van der Waals surface area contributed by atoms with E-state index in [1.807, 2.05) is 36.4 Å². The van der Waals surface area contributed by atoms with Crippen molar-refractivity contribution in [2.45, 2.75) is 6.42 Å². The molecule has 8 aromatic rings. The molecule has 0 aliphatic carbocycles. The minimum atomic E-state index is 0.591. The fourth-order valence-electron chi connectivity index (χ4n) is 6.24. The number of pyridine rings is 2. The van der Waals surface area contributed by atoms with E-state index in [1.165, 1.54) is 27.8 Å². The third kappa shape index (κ3) is 7.00. The van der Waals surface area contributed by atoms with E-state index in [1.54, 1.807) is 24.8 Å². The molecule has 0 radical (unpaired) electrons. The molecule has 0 amide bonds. The van der Waals surface area contributed by atoms with Gasteiger partial charge in [0, 0.05) is 41.5 Å². The second kappa shape index (κ2) is 14.3. The standard InChI is InChI=1S/C46H33N5/c1-2-7-32-16-18-33(19-17-32)36-8-3-9-37(28-36)38-10-4-11-39(29-38)40-12-5-13-41(30-40)42-14-6-15-43(31-42)46-50-44(34-20-24-47-25-21-34)49-45(51-46)35-22-26-48-27-23-35/h2-6,8-31H,1,7H2. The summed E-state index contributed by atoms with van der Waals surface area (Å²) in [6.07, 6.45) is 9.80. The van der Waals surface area contributed by atoms with Crippen molar-refractivity contribution < 1.29 is 0 Å². The van der Waals surface area contributed by atoms with Crippen molar-refractivity contribution in [1.82, 2.24) is 24.9 Å². The van der Waals surface area contributed by atoms with Gasteiger partial charge in [-0.1, -0.05) is 103 Å². The third-order valence-electron chi connectivity index (χ3n) is 8.89. The molecule has 0 bridgehead atoms. The number of hydrogen-bond acceptors (Lipinski definition) is 5. The maximum atomic E-state index is 4.91. The van der Waals surface area contributed by atoms with Crippen molar-refractivity contribution in [3.63, 3.8) is 0 Å². The summed E-state index contributed by atoms with van der Waals surface area (Å²) >= 11 is 0. The van der Waals surface area contributed by atoms with E-state index in [-0.39, 0.29) is 0 Å². The van der Waals surface area contributed by atoms with Gasteiger partial charge >= 0.3 is 0 Å². The van der Waals surface area contributed by atoms with Crippen LogP contribution in [0.4, 0.5) is 0 Å². The minimum absolute atomic E-state index is 0.591. The molecule has 0 unspecified atom stereocenters. The normalized spacial score (nSPS) is 10.9. The highest BCUT2D eigenvalue weighted by molar-refractivity contribution is 5.80. The van der Waals surface area contributed by atoms with Gasteiger partial charge in [0.2, 0.25) is 0 Å². The molecule has 0 saturated carbocycles. The molecule has 8 rings (SSSR count). The molecule has 0 saturated heterocycles. The summed E-state index contributed by atoms with van der Waals surface area (Å²) in [6, 6.07) is 50.9. The Balaban J connectivity index is 1.11. The van der Waals surface area contributed by atoms with Gasteiger partial charge in [-0.15, -0.1) is 6.58 Å². The van der Waals surface area contributed by atoms with Crippen LogP contribution in [0.5, 0.6) is 0 Å². The summed E-state index contributed by atoms with van der Waals surface area (Å²) in [7, 11) is 0. The lowest BCUT2D eigenvalue weighted by Gasteiger charge is -2.11. The Bertz CT molecular complexity index is 2400. The molecule has 5 heteroatoms. The maximum Gasteiger partial charge on any atom is 0.164 e. The Hall–Kier alpha value is -6.85. The quantitative estimate of drug-likeness (QED) is 0.145. The van der Waals surface area contributed by atoms with Crippen LogP contribution in [0, 0.1) is 0 Å². The van der Waals surface area contributed by atoms with E-state index in [0.717, 1.165) is 45.4 Å². The van der Waals surface area contributed by atoms with Crippen molar-refractivity contribution in [1.29, 1.82) is 0 Å². The summed E-state index contributed by atoms with van der Waals surface area (Å²) < 4.78 is 0. The number of aromatic nitrogens is 5. The SMILES string of the molecule is C=CCc1ccc(-c2cccc(-c3cccc(-c4cccc(-c5cccc(-c6nc(-c7ccncc7)nc(-c7ccncc7)n6)c5)c4)c3)c2)cc1. The van der Waals surface area contributed by atoms with Crippen LogP contribution in [-0.2, 0) is 6.42 Å². The van der Waals surface area contributed by atoms with Crippen molar-refractivity contribution >= 4 is 0 Å². The summed E-state index contributed by atoms with van der Waals surface area (Å²) in [5, 5.41) is 0. The molecule has 51 heavy (non-hydrogen) atoms. The van der Waals surface area contributed by atoms with Gasteiger partial charge in [0.15, 0.2) is 17.5 Å². The Kier molecular flexibility index (Phi) is 8.83. The highest BCUT2D eigenvalue weighted by Gasteiger charge is 2.13. The zero-order valence-corrected chi connectivity index (χ0v) is 27.9. The summed E-state index contributed by atoms with van der Waals surface area (Å²) in [5.41, 5.74) is 13.2. The van der Waals surface area contributed by atoms with Gasteiger partial charge in [-0.3, -0.25) is 9.97 Å². The zero-order chi connectivity index (χ0) is 34.4. The molecule has 0 N–H and O–H groups in total. The first-order chi connectivity index (χ1) is 25.2. The first kappa shape index (κ1) is 31.4. The molecule has 5 nitrogen and oxygen atoms in total. The first-order valence-electron chi connectivity index (χ1n) is 16.9. The van der Waals surface area contributed by atoms with E-state index >= 15 is 0 Å². The smallest absolute Gasteiger partial charge is 0.164 e. The van der Waals surface area contributed by atoms with Gasteiger partial charge in [-0.25, -0.2) is 15.0 Å². The van der Waals surface area contributed by atoms with Crippen molar-refractivity contribution in [3.8, 4) is 78.7 Å². The maximum absolute atomic E-state index is 4.91. The molecule has 0 spiro atoms. The predicted molar refractivity (Wildman–Crippen MR) is 207 cm³/mol. The predicted octanol–water partition coefficient (Wildman–Crippen LogP) is 11.1. The fraction of sp³-hybridized carbons (Fsp3) is 0.0217. The summed E-state index contributed by atoms with van der Waals surface area (Å²) in [6.45, 7) is 3.86. The van der Waals surface area contributed by atoms with Gasteiger partial charge in [0.25, 0.3) is 0 Å². The van der Waals surface area contributed by atoms with Crippen LogP contribution in [0.25, 0.3) is 78.7 Å². The van der Waals surface area contributed by atoms with Crippen molar-refractivity contribution in [2.24, 2.45) is 0 Å². The highest BCUT2D eigenvalue weighted by atomic mass is 15.0. The zero-order valence-electron chi connectivity index (χ0n) is 27.9. The van der Waals surface area contributed by atoms with E-state index in [0.29, 0.717) is 17.5 Å². The summed E-state index contributed by atoms with van der Waals surface area (Å²) in [4.78, 5) is 22.9. The molecule has 242 valence electrons. The van der Waals surface area contributed by atoms with E-state index in [2.05, 4.69) is 132 Å². The van der Waals surface area contributed by atoms with Crippen LogP contribution < -0.4 is 0 Å². The molecule has 3 heterocycles. The topological polar surface area (TPSA) is 64.5 Å². The van der Waals surface area contributed by atoms with Gasteiger partial charge in [-0.2, -0.15) is 0 Å². The Morgan fingerprint density at radius 3 is 1.08 bits per heavy atom. The number of benzene rings is 5. The third-order valence-corrected chi connectivity index (χ3v) is 8.89. The lowest BCUT2D eigenvalue weighted by atomic mass is 9.94. The lowest BCUT2D eigenvalue weighted by molar-refractivity contribution is 1.07. The van der Waals surface area contributed by atoms with Crippen molar-refractivity contribution in [3.05, 3.63) is 189 Å². The van der Waals surface area contributed by atoms with Gasteiger partial charge in [0.05, 0.1) is 0 Å². The van der Waals surface area contributed by atoms with Crippen molar-refractivity contribution in [2.75, 3.05) is 0 Å². The molecule has 0 aliphatic heterocycles. The van der Waals surface area contributed by atoms with Gasteiger partial charge < -0.3 is 0 Å². The monoisotopic (exact) mass is 655 g/mol. The van der Waals surface area contributed by atoms with E-state index < -0.39 is 0 Å². The molecule has 0 atom stereocenters. The largest absolute Gasteiger partial charge is 0.265 e. The average Bonchev–Trinajstić information content (AvgIpc) is 3.22. The van der Waals surface area contributed by atoms with Crippen LogP contribution in [-0.4, -0.2) is 24.9 Å².